The summed E-state index contributed by atoms with van der Waals surface area (Å²) in [5.74, 6) is -0.826. The number of hydrogen-bond acceptors (Lipinski definition) is 4. The SMILES string of the molecule is CCOC(=O)CNC(=O)NCCCCC(N)=O. The van der Waals surface area contributed by atoms with Gasteiger partial charge in [-0.25, -0.2) is 4.79 Å². The Hall–Kier alpha value is -1.79. The number of unbranched alkanes of at least 4 members (excludes halogenated alkanes) is 1. The third kappa shape index (κ3) is 10.5. The van der Waals surface area contributed by atoms with Crippen molar-refractivity contribution < 1.29 is 19.1 Å². The normalized spacial score (nSPS) is 9.47. The van der Waals surface area contributed by atoms with E-state index in [1.807, 2.05) is 0 Å². The van der Waals surface area contributed by atoms with Crippen molar-refractivity contribution in [2.75, 3.05) is 19.7 Å². The summed E-state index contributed by atoms with van der Waals surface area (Å²) in [7, 11) is 0. The summed E-state index contributed by atoms with van der Waals surface area (Å²) >= 11 is 0. The zero-order chi connectivity index (χ0) is 13.1. The zero-order valence-corrected chi connectivity index (χ0v) is 9.95. The highest BCUT2D eigenvalue weighted by Gasteiger charge is 2.04. The van der Waals surface area contributed by atoms with Gasteiger partial charge in [0.1, 0.15) is 6.54 Å². The van der Waals surface area contributed by atoms with Crippen LogP contribution in [0.4, 0.5) is 4.79 Å². The Labute approximate surface area is 100 Å². The summed E-state index contributed by atoms with van der Waals surface area (Å²) in [4.78, 5) is 32.4. The van der Waals surface area contributed by atoms with Gasteiger partial charge in [-0.05, 0) is 19.8 Å². The van der Waals surface area contributed by atoms with E-state index in [2.05, 4.69) is 15.4 Å². The van der Waals surface area contributed by atoms with Crippen LogP contribution < -0.4 is 16.4 Å². The number of primary amides is 1. The molecule has 0 rings (SSSR count). The number of ether oxygens (including phenoxy) is 1. The highest BCUT2D eigenvalue weighted by molar-refractivity contribution is 5.80. The predicted octanol–water partition coefficient (Wildman–Crippen LogP) is -0.496. The van der Waals surface area contributed by atoms with Crippen molar-refractivity contribution in [3.63, 3.8) is 0 Å². The van der Waals surface area contributed by atoms with Gasteiger partial charge in [0, 0.05) is 13.0 Å². The van der Waals surface area contributed by atoms with Crippen molar-refractivity contribution in [2.45, 2.75) is 26.2 Å². The van der Waals surface area contributed by atoms with Crippen LogP contribution in [-0.2, 0) is 14.3 Å². The lowest BCUT2D eigenvalue weighted by Gasteiger charge is -2.06. The first-order chi connectivity index (χ1) is 8.06. The molecule has 4 N–H and O–H groups in total. The minimum atomic E-state index is -0.476. The lowest BCUT2D eigenvalue weighted by atomic mass is 10.2. The third-order valence-corrected chi connectivity index (χ3v) is 1.83. The molecule has 0 atom stereocenters. The summed E-state index contributed by atoms with van der Waals surface area (Å²) in [6, 6.07) is -0.433. The van der Waals surface area contributed by atoms with Gasteiger partial charge in [-0.1, -0.05) is 0 Å². The van der Waals surface area contributed by atoms with Crippen LogP contribution in [0.25, 0.3) is 0 Å². The van der Waals surface area contributed by atoms with E-state index in [0.29, 0.717) is 25.8 Å². The molecule has 0 aliphatic rings. The van der Waals surface area contributed by atoms with Crippen LogP contribution in [0.3, 0.4) is 0 Å². The van der Waals surface area contributed by atoms with E-state index in [9.17, 15) is 14.4 Å². The van der Waals surface area contributed by atoms with Crippen molar-refractivity contribution >= 4 is 17.9 Å². The van der Waals surface area contributed by atoms with Gasteiger partial charge in [-0.3, -0.25) is 9.59 Å². The molecular weight excluding hydrogens is 226 g/mol. The van der Waals surface area contributed by atoms with Crippen molar-refractivity contribution in [2.24, 2.45) is 5.73 Å². The standard InChI is InChI=1S/C10H19N3O4/c1-2-17-9(15)7-13-10(16)12-6-4-3-5-8(11)14/h2-7H2,1H3,(H2,11,14)(H2,12,13,16). The van der Waals surface area contributed by atoms with E-state index < -0.39 is 12.0 Å². The summed E-state index contributed by atoms with van der Waals surface area (Å²) in [6.07, 6.45) is 1.61. The Balaban J connectivity index is 3.40. The average Bonchev–Trinajstić information content (AvgIpc) is 2.26. The second-order valence-electron chi connectivity index (χ2n) is 3.34. The number of rotatable bonds is 8. The number of hydrogen-bond donors (Lipinski definition) is 3. The molecule has 0 aromatic heterocycles. The Kier molecular flexibility index (Phi) is 8.44. The molecule has 0 aliphatic carbocycles. The summed E-state index contributed by atoms with van der Waals surface area (Å²) in [5, 5.41) is 4.89. The van der Waals surface area contributed by atoms with E-state index in [1.54, 1.807) is 6.92 Å². The fourth-order valence-corrected chi connectivity index (χ4v) is 1.05. The van der Waals surface area contributed by atoms with E-state index in [-0.39, 0.29) is 19.1 Å². The zero-order valence-electron chi connectivity index (χ0n) is 9.95. The van der Waals surface area contributed by atoms with Crippen molar-refractivity contribution in [1.82, 2.24) is 10.6 Å². The highest BCUT2D eigenvalue weighted by Crippen LogP contribution is 1.91. The van der Waals surface area contributed by atoms with Gasteiger partial charge >= 0.3 is 12.0 Å². The molecule has 0 radical (unpaired) electrons. The molecule has 7 nitrogen and oxygen atoms in total. The molecule has 0 unspecified atom stereocenters. The highest BCUT2D eigenvalue weighted by atomic mass is 16.5. The minimum Gasteiger partial charge on any atom is -0.465 e. The van der Waals surface area contributed by atoms with Crippen LogP contribution in [0.15, 0.2) is 0 Å². The second-order valence-corrected chi connectivity index (χ2v) is 3.34. The maximum atomic E-state index is 11.1. The number of carbonyl (C=O) groups is 3. The van der Waals surface area contributed by atoms with Crippen molar-refractivity contribution in [3.8, 4) is 0 Å². The van der Waals surface area contributed by atoms with Crippen LogP contribution in [0.1, 0.15) is 26.2 Å². The first kappa shape index (κ1) is 15.2. The number of nitrogens with two attached hydrogens (primary N) is 1. The largest absolute Gasteiger partial charge is 0.465 e. The molecule has 0 fully saturated rings. The molecule has 0 saturated heterocycles. The molecule has 0 spiro atoms. The third-order valence-electron chi connectivity index (χ3n) is 1.83. The van der Waals surface area contributed by atoms with Crippen LogP contribution in [-0.4, -0.2) is 37.6 Å². The Morgan fingerprint density at radius 3 is 2.47 bits per heavy atom. The molecule has 98 valence electrons. The summed E-state index contributed by atoms with van der Waals surface area (Å²) in [5.41, 5.74) is 4.95. The maximum absolute atomic E-state index is 11.1. The van der Waals surface area contributed by atoms with Crippen LogP contribution >= 0.6 is 0 Å². The lowest BCUT2D eigenvalue weighted by Crippen LogP contribution is -2.39. The molecule has 0 saturated carbocycles. The number of carbonyl (C=O) groups excluding carboxylic acids is 3. The smallest absolute Gasteiger partial charge is 0.325 e. The molecule has 17 heavy (non-hydrogen) atoms. The molecule has 7 heteroatoms. The van der Waals surface area contributed by atoms with Crippen molar-refractivity contribution in [3.05, 3.63) is 0 Å². The van der Waals surface area contributed by atoms with E-state index in [0.717, 1.165) is 0 Å². The molecule has 0 aliphatic heterocycles. The number of nitrogens with one attached hydrogen (secondary N) is 2. The fourth-order valence-electron chi connectivity index (χ4n) is 1.05. The lowest BCUT2D eigenvalue weighted by molar-refractivity contribution is -0.141. The van der Waals surface area contributed by atoms with Gasteiger partial charge in [-0.15, -0.1) is 0 Å². The predicted molar refractivity (Wildman–Crippen MR) is 61.1 cm³/mol. The number of urea groups is 1. The van der Waals surface area contributed by atoms with Gasteiger partial charge in [0.25, 0.3) is 0 Å². The van der Waals surface area contributed by atoms with Gasteiger partial charge in [0.05, 0.1) is 6.61 Å². The first-order valence-electron chi connectivity index (χ1n) is 5.52. The van der Waals surface area contributed by atoms with E-state index in [4.69, 9.17) is 5.73 Å². The Bertz CT molecular complexity index is 268. The Morgan fingerprint density at radius 1 is 1.18 bits per heavy atom. The molecule has 0 aromatic carbocycles. The van der Waals surface area contributed by atoms with Gasteiger partial charge in [0.2, 0.25) is 5.91 Å². The van der Waals surface area contributed by atoms with Gasteiger partial charge < -0.3 is 21.1 Å². The van der Waals surface area contributed by atoms with Crippen LogP contribution in [0, 0.1) is 0 Å². The summed E-state index contributed by atoms with van der Waals surface area (Å²) < 4.78 is 4.63. The average molecular weight is 245 g/mol. The summed E-state index contributed by atoms with van der Waals surface area (Å²) in [6.45, 7) is 2.26. The molecule has 0 heterocycles. The second kappa shape index (κ2) is 9.44. The molecule has 3 amide bonds. The van der Waals surface area contributed by atoms with Gasteiger partial charge in [0.15, 0.2) is 0 Å². The number of amides is 3. The molecule has 0 bridgehead atoms. The molecule has 0 aromatic rings. The van der Waals surface area contributed by atoms with Crippen LogP contribution in [0.5, 0.6) is 0 Å². The maximum Gasteiger partial charge on any atom is 0.325 e. The minimum absolute atomic E-state index is 0.152. The number of esters is 1. The first-order valence-corrected chi connectivity index (χ1v) is 5.52. The molecular formula is C10H19N3O4. The monoisotopic (exact) mass is 245 g/mol. The van der Waals surface area contributed by atoms with E-state index >= 15 is 0 Å². The van der Waals surface area contributed by atoms with E-state index in [1.165, 1.54) is 0 Å². The Morgan fingerprint density at radius 2 is 1.88 bits per heavy atom. The topological polar surface area (TPSA) is 111 Å². The van der Waals surface area contributed by atoms with Gasteiger partial charge in [-0.2, -0.15) is 0 Å². The quantitative estimate of drug-likeness (QED) is 0.395. The van der Waals surface area contributed by atoms with Crippen molar-refractivity contribution in [1.29, 1.82) is 0 Å². The van der Waals surface area contributed by atoms with Crippen LogP contribution in [0.2, 0.25) is 0 Å². The fraction of sp³-hybridized carbons (Fsp3) is 0.700.